The molecule has 0 bridgehead atoms. The van der Waals surface area contributed by atoms with E-state index in [0.717, 1.165) is 23.6 Å². The van der Waals surface area contributed by atoms with Crippen LogP contribution >= 0.6 is 0 Å². The van der Waals surface area contributed by atoms with Gasteiger partial charge in [-0.25, -0.2) is 4.39 Å². The van der Waals surface area contributed by atoms with Gasteiger partial charge in [-0.3, -0.25) is 0 Å². The number of nitrogens with one attached hydrogen (secondary N) is 1. The molecule has 0 amide bonds. The average molecular weight is 307 g/mol. The number of piperidine rings is 1. The maximum atomic E-state index is 14.1. The molecule has 0 aliphatic carbocycles. The van der Waals surface area contributed by atoms with Gasteiger partial charge in [0.05, 0.1) is 0 Å². The van der Waals surface area contributed by atoms with Crippen molar-refractivity contribution in [2.45, 2.75) is 38.9 Å². The molecule has 1 N–H and O–H groups in total. The van der Waals surface area contributed by atoms with Crippen molar-refractivity contribution in [1.29, 1.82) is 0 Å². The van der Waals surface area contributed by atoms with Gasteiger partial charge < -0.3 is 15.1 Å². The molecule has 1 aromatic carbocycles. The van der Waals surface area contributed by atoms with E-state index >= 15 is 0 Å². The van der Waals surface area contributed by atoms with Crippen LogP contribution in [-0.2, 0) is 13.1 Å². The molecule has 1 heterocycles. The van der Waals surface area contributed by atoms with E-state index in [2.05, 4.69) is 24.2 Å². The van der Waals surface area contributed by atoms with Crippen molar-refractivity contribution >= 4 is 0 Å². The minimum absolute atomic E-state index is 0.0973. The zero-order chi connectivity index (χ0) is 16.1. The summed E-state index contributed by atoms with van der Waals surface area (Å²) in [4.78, 5) is 4.38. The summed E-state index contributed by atoms with van der Waals surface area (Å²) in [6.07, 6.45) is 2.50. The number of likely N-dealkylation sites (tertiary alicyclic amines) is 1. The number of hydrogen-bond donors (Lipinski definition) is 1. The van der Waals surface area contributed by atoms with Crippen LogP contribution in [0.3, 0.4) is 0 Å². The van der Waals surface area contributed by atoms with E-state index in [9.17, 15) is 4.39 Å². The quantitative estimate of drug-likeness (QED) is 0.872. The van der Waals surface area contributed by atoms with Crippen molar-refractivity contribution in [1.82, 2.24) is 15.1 Å². The summed E-state index contributed by atoms with van der Waals surface area (Å²) in [6.45, 7) is 6.01. The third-order valence-corrected chi connectivity index (χ3v) is 4.70. The third kappa shape index (κ3) is 5.04. The highest BCUT2D eigenvalue weighted by molar-refractivity contribution is 5.24. The van der Waals surface area contributed by atoms with Gasteiger partial charge in [-0.05, 0) is 71.5 Å². The Bertz CT molecular complexity index is 467. The molecule has 124 valence electrons. The first-order valence-electron chi connectivity index (χ1n) is 8.29. The van der Waals surface area contributed by atoms with Crippen LogP contribution in [0.25, 0.3) is 0 Å². The maximum Gasteiger partial charge on any atom is 0.128 e. The van der Waals surface area contributed by atoms with Crippen LogP contribution in [-0.4, -0.2) is 50.1 Å². The fourth-order valence-corrected chi connectivity index (χ4v) is 3.14. The summed E-state index contributed by atoms with van der Waals surface area (Å²) in [6, 6.07) is 6.11. The molecule has 1 aliphatic heterocycles. The van der Waals surface area contributed by atoms with E-state index in [1.807, 2.05) is 31.1 Å². The Morgan fingerprint density at radius 1 is 1.32 bits per heavy atom. The molecule has 3 nitrogen and oxygen atoms in total. The molecule has 1 unspecified atom stereocenters. The highest BCUT2D eigenvalue weighted by Gasteiger charge is 2.21. The summed E-state index contributed by atoms with van der Waals surface area (Å²) in [5, 5.41) is 3.58. The molecule has 2 rings (SSSR count). The molecule has 4 heteroatoms. The molecule has 1 saturated heterocycles. The van der Waals surface area contributed by atoms with Gasteiger partial charge in [0.1, 0.15) is 5.82 Å². The monoisotopic (exact) mass is 307 g/mol. The second-order valence-electron chi connectivity index (χ2n) is 6.97. The van der Waals surface area contributed by atoms with Crippen LogP contribution in [0.4, 0.5) is 4.39 Å². The lowest BCUT2D eigenvalue weighted by Crippen LogP contribution is -2.40. The molecular formula is C18H30FN3. The van der Waals surface area contributed by atoms with Crippen LogP contribution in [0.5, 0.6) is 0 Å². The van der Waals surface area contributed by atoms with Crippen molar-refractivity contribution in [3.8, 4) is 0 Å². The standard InChI is InChI=1S/C18H30FN3/c1-14(16-7-9-22(4)10-8-16)20-12-15-5-6-17(13-21(2)3)18(19)11-15/h5-6,11,14,16,20H,7-10,12-13H2,1-4H3. The number of halogens is 1. The van der Waals surface area contributed by atoms with Crippen LogP contribution < -0.4 is 5.32 Å². The number of hydrogen-bond acceptors (Lipinski definition) is 3. The zero-order valence-corrected chi connectivity index (χ0v) is 14.4. The van der Waals surface area contributed by atoms with Crippen molar-refractivity contribution in [2.75, 3.05) is 34.2 Å². The van der Waals surface area contributed by atoms with E-state index < -0.39 is 0 Å². The summed E-state index contributed by atoms with van der Waals surface area (Å²) >= 11 is 0. The predicted octanol–water partition coefficient (Wildman–Crippen LogP) is 2.71. The van der Waals surface area contributed by atoms with Crippen molar-refractivity contribution in [3.05, 3.63) is 35.1 Å². The van der Waals surface area contributed by atoms with E-state index in [-0.39, 0.29) is 5.82 Å². The molecule has 0 aromatic heterocycles. The fourth-order valence-electron chi connectivity index (χ4n) is 3.14. The molecule has 0 radical (unpaired) electrons. The lowest BCUT2D eigenvalue weighted by atomic mass is 9.90. The Morgan fingerprint density at radius 2 is 2.00 bits per heavy atom. The first kappa shape index (κ1) is 17.4. The summed E-state index contributed by atoms with van der Waals surface area (Å²) in [7, 11) is 6.10. The highest BCUT2D eigenvalue weighted by atomic mass is 19.1. The Hall–Kier alpha value is -0.970. The maximum absolute atomic E-state index is 14.1. The molecule has 1 aliphatic rings. The minimum Gasteiger partial charge on any atom is -0.310 e. The van der Waals surface area contributed by atoms with Gasteiger partial charge >= 0.3 is 0 Å². The van der Waals surface area contributed by atoms with Gasteiger partial charge in [0.25, 0.3) is 0 Å². The van der Waals surface area contributed by atoms with E-state index in [0.29, 0.717) is 12.6 Å². The normalized spacial score (nSPS) is 18.8. The van der Waals surface area contributed by atoms with Crippen molar-refractivity contribution < 1.29 is 4.39 Å². The smallest absolute Gasteiger partial charge is 0.128 e. The predicted molar refractivity (Wildman–Crippen MR) is 90.3 cm³/mol. The summed E-state index contributed by atoms with van der Waals surface area (Å²) in [5.74, 6) is 0.633. The molecule has 1 fully saturated rings. The SMILES string of the molecule is CC(NCc1ccc(CN(C)C)c(F)c1)C1CCN(C)CC1. The second kappa shape index (κ2) is 8.04. The number of benzene rings is 1. The minimum atomic E-state index is -0.0973. The average Bonchev–Trinajstić information content (AvgIpc) is 2.47. The van der Waals surface area contributed by atoms with E-state index in [4.69, 9.17) is 0 Å². The van der Waals surface area contributed by atoms with Gasteiger partial charge in [-0.2, -0.15) is 0 Å². The largest absolute Gasteiger partial charge is 0.310 e. The summed E-state index contributed by atoms with van der Waals surface area (Å²) in [5.41, 5.74) is 1.79. The first-order chi connectivity index (χ1) is 10.5. The van der Waals surface area contributed by atoms with Gasteiger partial charge in [0.15, 0.2) is 0 Å². The molecule has 1 aromatic rings. The Kier molecular flexibility index (Phi) is 6.36. The fraction of sp³-hybridized carbons (Fsp3) is 0.667. The van der Waals surface area contributed by atoms with E-state index in [1.54, 1.807) is 6.07 Å². The van der Waals surface area contributed by atoms with Crippen LogP contribution in [0, 0.1) is 11.7 Å². The topological polar surface area (TPSA) is 18.5 Å². The van der Waals surface area contributed by atoms with Gasteiger partial charge in [-0.1, -0.05) is 12.1 Å². The number of nitrogens with zero attached hydrogens (tertiary/aromatic N) is 2. The number of rotatable bonds is 6. The molecule has 22 heavy (non-hydrogen) atoms. The van der Waals surface area contributed by atoms with Crippen LogP contribution in [0.15, 0.2) is 18.2 Å². The first-order valence-corrected chi connectivity index (χ1v) is 8.29. The van der Waals surface area contributed by atoms with Crippen LogP contribution in [0.1, 0.15) is 30.9 Å². The lowest BCUT2D eigenvalue weighted by Gasteiger charge is -2.33. The van der Waals surface area contributed by atoms with E-state index in [1.165, 1.54) is 25.9 Å². The Labute approximate surface area is 134 Å². The summed E-state index contributed by atoms with van der Waals surface area (Å²) < 4.78 is 14.1. The highest BCUT2D eigenvalue weighted by Crippen LogP contribution is 2.20. The molecule has 0 spiro atoms. The zero-order valence-electron chi connectivity index (χ0n) is 14.4. The van der Waals surface area contributed by atoms with Crippen LogP contribution in [0.2, 0.25) is 0 Å². The Balaban J connectivity index is 1.84. The van der Waals surface area contributed by atoms with Crippen molar-refractivity contribution in [3.63, 3.8) is 0 Å². The van der Waals surface area contributed by atoms with Gasteiger partial charge in [-0.15, -0.1) is 0 Å². The van der Waals surface area contributed by atoms with Crippen molar-refractivity contribution in [2.24, 2.45) is 5.92 Å². The molecule has 1 atom stereocenters. The van der Waals surface area contributed by atoms with Gasteiger partial charge in [0.2, 0.25) is 0 Å². The Morgan fingerprint density at radius 3 is 2.59 bits per heavy atom. The third-order valence-electron chi connectivity index (χ3n) is 4.70. The lowest BCUT2D eigenvalue weighted by molar-refractivity contribution is 0.189. The molecule has 0 saturated carbocycles. The molecular weight excluding hydrogens is 277 g/mol. The van der Waals surface area contributed by atoms with Gasteiger partial charge in [0, 0.05) is 24.7 Å². The second-order valence-corrected chi connectivity index (χ2v) is 6.97.